The van der Waals surface area contributed by atoms with Gasteiger partial charge in [-0.05, 0) is 37.3 Å². The summed E-state index contributed by atoms with van der Waals surface area (Å²) < 4.78 is 6.80. The Bertz CT molecular complexity index is 1380. The first kappa shape index (κ1) is 24.0. The van der Waals surface area contributed by atoms with Crippen molar-refractivity contribution in [3.05, 3.63) is 76.4 Å². The predicted molar refractivity (Wildman–Crippen MR) is 129 cm³/mol. The highest BCUT2D eigenvalue weighted by molar-refractivity contribution is 6.30. The average molecular weight is 513 g/mol. The highest BCUT2D eigenvalue weighted by atomic mass is 35.5. The quantitative estimate of drug-likeness (QED) is 0.359. The number of carbonyl (C=O) groups is 2. The summed E-state index contributed by atoms with van der Waals surface area (Å²) in [5.41, 5.74) is 2.11. The minimum Gasteiger partial charge on any atom is -0.441 e. The Kier molecular flexibility index (Phi) is 7.18. The van der Waals surface area contributed by atoms with Gasteiger partial charge in [-0.3, -0.25) is 15.1 Å². The van der Waals surface area contributed by atoms with Crippen LogP contribution in [0, 0.1) is 0 Å². The summed E-state index contributed by atoms with van der Waals surface area (Å²) in [7, 11) is 1.61. The number of hydrogen-bond acceptors (Lipinski definition) is 8. The Morgan fingerprint density at radius 2 is 1.89 bits per heavy atom. The van der Waals surface area contributed by atoms with Gasteiger partial charge in [0.2, 0.25) is 0 Å². The van der Waals surface area contributed by atoms with E-state index in [0.29, 0.717) is 28.2 Å². The van der Waals surface area contributed by atoms with Gasteiger partial charge in [0.05, 0.1) is 17.6 Å². The first-order chi connectivity index (χ1) is 16.8. The molecule has 11 nitrogen and oxygen atoms in total. The topological polar surface area (TPSA) is 137 Å². The fourth-order valence-electron chi connectivity index (χ4n) is 3.08. The first-order valence-electron chi connectivity index (χ1n) is 10.2. The molecular formula is C22H18Cl2N8O3. The molecule has 2 amide bonds. The van der Waals surface area contributed by atoms with Crippen molar-refractivity contribution < 1.29 is 14.3 Å². The molecule has 0 aliphatic rings. The maximum absolute atomic E-state index is 12.5. The van der Waals surface area contributed by atoms with Crippen LogP contribution in [0.5, 0.6) is 0 Å². The molecule has 0 aromatic carbocycles. The van der Waals surface area contributed by atoms with Crippen molar-refractivity contribution in [3.63, 3.8) is 0 Å². The molecule has 0 saturated heterocycles. The van der Waals surface area contributed by atoms with E-state index in [1.807, 2.05) is 0 Å². The summed E-state index contributed by atoms with van der Waals surface area (Å²) in [6, 6.07) is 9.70. The number of ether oxygens (including phenoxy) is 1. The molecule has 0 fully saturated rings. The largest absolute Gasteiger partial charge is 0.441 e. The monoisotopic (exact) mass is 512 g/mol. The van der Waals surface area contributed by atoms with Gasteiger partial charge < -0.3 is 10.1 Å². The van der Waals surface area contributed by atoms with E-state index in [4.69, 9.17) is 27.9 Å². The number of carbonyl (C=O) groups excluding carboxylic acids is 2. The lowest BCUT2D eigenvalue weighted by Crippen LogP contribution is -2.18. The second-order valence-electron chi connectivity index (χ2n) is 7.22. The van der Waals surface area contributed by atoms with Crippen molar-refractivity contribution in [1.82, 2.24) is 29.9 Å². The van der Waals surface area contributed by atoms with Crippen molar-refractivity contribution in [2.45, 2.75) is 13.0 Å². The molecule has 178 valence electrons. The van der Waals surface area contributed by atoms with Crippen molar-refractivity contribution in [1.29, 1.82) is 0 Å². The van der Waals surface area contributed by atoms with Gasteiger partial charge in [0.15, 0.2) is 11.5 Å². The molecule has 0 unspecified atom stereocenters. The second-order valence-corrected chi connectivity index (χ2v) is 7.96. The molecule has 0 saturated carbocycles. The number of hydrogen-bond donors (Lipinski definition) is 2. The van der Waals surface area contributed by atoms with Crippen LogP contribution in [0.4, 0.5) is 16.3 Å². The lowest BCUT2D eigenvalue weighted by atomic mass is 10.2. The molecule has 2 N–H and O–H groups in total. The molecule has 0 bridgehead atoms. The Morgan fingerprint density at radius 3 is 2.60 bits per heavy atom. The highest BCUT2D eigenvalue weighted by Crippen LogP contribution is 2.27. The first-order valence-corrected chi connectivity index (χ1v) is 10.9. The van der Waals surface area contributed by atoms with Crippen molar-refractivity contribution in [2.24, 2.45) is 7.05 Å². The van der Waals surface area contributed by atoms with E-state index < -0.39 is 12.2 Å². The van der Waals surface area contributed by atoms with Crippen molar-refractivity contribution in [2.75, 3.05) is 10.6 Å². The van der Waals surface area contributed by atoms with Gasteiger partial charge in [0.25, 0.3) is 5.91 Å². The SMILES string of the molecule is C[C@@H](OC(=O)Nc1c(-c2ccc(NC(=O)c3ccnc(Cl)c3)cn2)nnn1C)c1cccnc1Cl. The standard InChI is InChI=1S/C22H18Cl2N8O3/c1-12(15-4-3-8-26-19(15)24)35-22(34)29-20-18(30-31-32(20)2)16-6-5-14(11-27-16)28-21(33)13-7-9-25-17(23)10-13/h3-12H,1-2H3,(H,28,33)(H,29,34)/t12-/m1/s1. The van der Waals surface area contributed by atoms with Crippen LogP contribution in [0.1, 0.15) is 28.9 Å². The second kappa shape index (κ2) is 10.5. The van der Waals surface area contributed by atoms with E-state index >= 15 is 0 Å². The summed E-state index contributed by atoms with van der Waals surface area (Å²) in [5.74, 6) is -0.0912. The molecule has 4 heterocycles. The zero-order valence-corrected chi connectivity index (χ0v) is 19.9. The summed E-state index contributed by atoms with van der Waals surface area (Å²) in [6.07, 6.45) is 3.07. The number of nitrogens with zero attached hydrogens (tertiary/aromatic N) is 6. The highest BCUT2D eigenvalue weighted by Gasteiger charge is 2.20. The number of aromatic nitrogens is 6. The van der Waals surface area contributed by atoms with E-state index in [1.54, 1.807) is 50.5 Å². The van der Waals surface area contributed by atoms with Gasteiger partial charge in [-0.15, -0.1) is 5.10 Å². The Balaban J connectivity index is 1.45. The number of amides is 2. The number of anilines is 2. The average Bonchev–Trinajstić information content (AvgIpc) is 3.19. The van der Waals surface area contributed by atoms with Gasteiger partial charge in [0.1, 0.15) is 16.4 Å². The Morgan fingerprint density at radius 1 is 1.06 bits per heavy atom. The Labute approximate surface area is 209 Å². The molecule has 0 aliphatic carbocycles. The fourth-order valence-corrected chi connectivity index (χ4v) is 3.52. The van der Waals surface area contributed by atoms with E-state index in [-0.39, 0.29) is 22.0 Å². The predicted octanol–water partition coefficient (Wildman–Crippen LogP) is 4.54. The Hall–Kier alpha value is -4.09. The van der Waals surface area contributed by atoms with Gasteiger partial charge >= 0.3 is 6.09 Å². The summed E-state index contributed by atoms with van der Waals surface area (Å²) in [4.78, 5) is 37.1. The summed E-state index contributed by atoms with van der Waals surface area (Å²) in [5, 5.41) is 13.9. The van der Waals surface area contributed by atoms with Crippen LogP contribution in [0.15, 0.2) is 55.0 Å². The fraction of sp³-hybridized carbons (Fsp3) is 0.136. The summed E-state index contributed by atoms with van der Waals surface area (Å²) in [6.45, 7) is 1.68. The van der Waals surface area contributed by atoms with Crippen LogP contribution in [0.3, 0.4) is 0 Å². The zero-order valence-electron chi connectivity index (χ0n) is 18.4. The minimum atomic E-state index is -0.732. The molecule has 1 atom stereocenters. The smallest absolute Gasteiger partial charge is 0.413 e. The third-order valence-corrected chi connectivity index (χ3v) is 5.33. The van der Waals surface area contributed by atoms with Gasteiger partial charge in [0, 0.05) is 30.6 Å². The van der Waals surface area contributed by atoms with Crippen LogP contribution in [-0.2, 0) is 11.8 Å². The number of aryl methyl sites for hydroxylation is 1. The third-order valence-electron chi connectivity index (χ3n) is 4.81. The zero-order chi connectivity index (χ0) is 24.9. The van der Waals surface area contributed by atoms with Gasteiger partial charge in [-0.1, -0.05) is 34.5 Å². The molecule has 4 aromatic rings. The van der Waals surface area contributed by atoms with E-state index in [0.717, 1.165) is 0 Å². The summed E-state index contributed by atoms with van der Waals surface area (Å²) >= 11 is 11.9. The number of rotatable bonds is 6. The minimum absolute atomic E-state index is 0.213. The van der Waals surface area contributed by atoms with Crippen LogP contribution in [0.25, 0.3) is 11.4 Å². The normalized spacial score (nSPS) is 11.5. The lowest BCUT2D eigenvalue weighted by Gasteiger charge is -2.15. The molecule has 0 aliphatic heterocycles. The molecule has 4 rings (SSSR count). The molecule has 13 heteroatoms. The van der Waals surface area contributed by atoms with E-state index in [2.05, 4.69) is 35.9 Å². The molecule has 0 spiro atoms. The van der Waals surface area contributed by atoms with Crippen LogP contribution < -0.4 is 10.6 Å². The molecule has 35 heavy (non-hydrogen) atoms. The van der Waals surface area contributed by atoms with Gasteiger partial charge in [-0.25, -0.2) is 19.4 Å². The maximum atomic E-state index is 12.5. The van der Waals surface area contributed by atoms with E-state index in [9.17, 15) is 9.59 Å². The van der Waals surface area contributed by atoms with Gasteiger partial charge in [-0.2, -0.15) is 0 Å². The lowest BCUT2D eigenvalue weighted by molar-refractivity contribution is 0.102. The van der Waals surface area contributed by atoms with Crippen molar-refractivity contribution in [3.8, 4) is 11.4 Å². The van der Waals surface area contributed by atoms with Crippen molar-refractivity contribution >= 4 is 46.7 Å². The molecule has 0 radical (unpaired) electrons. The van der Waals surface area contributed by atoms with Crippen LogP contribution in [0.2, 0.25) is 10.3 Å². The molecular weight excluding hydrogens is 495 g/mol. The van der Waals surface area contributed by atoms with Crippen LogP contribution >= 0.6 is 23.2 Å². The third kappa shape index (κ3) is 5.70. The number of pyridine rings is 3. The molecule has 4 aromatic heterocycles. The number of halogens is 2. The maximum Gasteiger partial charge on any atom is 0.413 e. The van der Waals surface area contributed by atoms with Crippen LogP contribution in [-0.4, -0.2) is 41.9 Å². The number of nitrogens with one attached hydrogen (secondary N) is 2. The van der Waals surface area contributed by atoms with E-state index in [1.165, 1.54) is 23.1 Å².